The van der Waals surface area contributed by atoms with Gasteiger partial charge in [0.15, 0.2) is 0 Å². The van der Waals surface area contributed by atoms with E-state index in [1.807, 2.05) is 19.1 Å². The molecule has 0 spiro atoms. The summed E-state index contributed by atoms with van der Waals surface area (Å²) in [5.74, 6) is -0.489. The summed E-state index contributed by atoms with van der Waals surface area (Å²) in [6.07, 6.45) is 0. The highest BCUT2D eigenvalue weighted by Gasteiger charge is 2.17. The predicted octanol–water partition coefficient (Wildman–Crippen LogP) is 6.72. The van der Waals surface area contributed by atoms with Crippen LogP contribution in [0.25, 0.3) is 0 Å². The number of hydrogen-bond acceptors (Lipinski definition) is 1. The Kier molecular flexibility index (Phi) is 5.19. The molecule has 1 N–H and O–H groups in total. The fourth-order valence-corrected chi connectivity index (χ4v) is 3.04. The van der Waals surface area contributed by atoms with E-state index >= 15 is 0 Å². The van der Waals surface area contributed by atoms with Crippen LogP contribution in [0.3, 0.4) is 0 Å². The van der Waals surface area contributed by atoms with Gasteiger partial charge in [-0.25, -0.2) is 4.39 Å². The van der Waals surface area contributed by atoms with Gasteiger partial charge in [0, 0.05) is 20.7 Å². The number of anilines is 1. The number of halogens is 5. The molecule has 1 unspecified atom stereocenters. The van der Waals surface area contributed by atoms with Gasteiger partial charge in [-0.1, -0.05) is 34.8 Å². The van der Waals surface area contributed by atoms with Gasteiger partial charge in [-0.05, 0) is 53.2 Å². The second-order valence-corrected chi connectivity index (χ2v) is 6.30. The lowest BCUT2D eigenvalue weighted by Crippen LogP contribution is -2.08. The lowest BCUT2D eigenvalue weighted by molar-refractivity contribution is 0.624. The molecule has 0 fully saturated rings. The third kappa shape index (κ3) is 3.40. The van der Waals surface area contributed by atoms with Crippen LogP contribution in [-0.4, -0.2) is 0 Å². The summed E-state index contributed by atoms with van der Waals surface area (Å²) in [7, 11) is 0. The Morgan fingerprint density at radius 3 is 2.40 bits per heavy atom. The van der Waals surface area contributed by atoms with Crippen LogP contribution >= 0.6 is 50.7 Å². The zero-order chi connectivity index (χ0) is 14.9. The Bertz CT molecular complexity index is 649. The van der Waals surface area contributed by atoms with Gasteiger partial charge in [-0.3, -0.25) is 0 Å². The molecule has 0 bridgehead atoms. The second-order valence-electron chi connectivity index (χ2n) is 4.25. The maximum absolute atomic E-state index is 13.5. The van der Waals surface area contributed by atoms with E-state index in [-0.39, 0.29) is 11.1 Å². The maximum Gasteiger partial charge on any atom is 0.142 e. The average molecular weight is 398 g/mol. The van der Waals surface area contributed by atoms with E-state index in [9.17, 15) is 4.39 Å². The van der Waals surface area contributed by atoms with Gasteiger partial charge in [-0.15, -0.1) is 0 Å². The molecular weight excluding hydrogens is 387 g/mol. The van der Waals surface area contributed by atoms with Crippen molar-refractivity contribution in [1.82, 2.24) is 0 Å². The summed E-state index contributed by atoms with van der Waals surface area (Å²) in [5, 5.41) is 4.28. The minimum atomic E-state index is -0.489. The van der Waals surface area contributed by atoms with Crippen molar-refractivity contribution in [1.29, 1.82) is 0 Å². The van der Waals surface area contributed by atoms with E-state index in [4.69, 9.17) is 34.8 Å². The molecule has 2 aromatic carbocycles. The molecule has 0 radical (unpaired) electrons. The van der Waals surface area contributed by atoms with Crippen LogP contribution in [0.2, 0.25) is 15.1 Å². The Morgan fingerprint density at radius 2 is 1.75 bits per heavy atom. The van der Waals surface area contributed by atoms with Crippen LogP contribution in [0.4, 0.5) is 10.1 Å². The lowest BCUT2D eigenvalue weighted by atomic mass is 10.1. The molecule has 1 atom stereocenters. The molecule has 2 rings (SSSR count). The van der Waals surface area contributed by atoms with Crippen LogP contribution in [0, 0.1) is 5.82 Å². The molecule has 0 saturated heterocycles. The summed E-state index contributed by atoms with van der Waals surface area (Å²) < 4.78 is 14.3. The Balaban J connectivity index is 2.30. The highest BCUT2D eigenvalue weighted by atomic mass is 79.9. The fourth-order valence-electron chi connectivity index (χ4n) is 1.85. The Hall–Kier alpha value is -0.480. The molecule has 2 aromatic rings. The van der Waals surface area contributed by atoms with Crippen molar-refractivity contribution in [3.05, 3.63) is 61.3 Å². The van der Waals surface area contributed by atoms with Gasteiger partial charge in [0.1, 0.15) is 5.82 Å². The number of rotatable bonds is 3. The summed E-state index contributed by atoms with van der Waals surface area (Å²) >= 11 is 21.4. The first-order chi connectivity index (χ1) is 9.40. The van der Waals surface area contributed by atoms with Crippen LogP contribution in [0.15, 0.2) is 34.8 Å². The Labute approximate surface area is 140 Å². The molecule has 106 valence electrons. The molecule has 0 amide bonds. The zero-order valence-electron chi connectivity index (χ0n) is 10.4. The van der Waals surface area contributed by atoms with E-state index in [0.717, 1.165) is 10.2 Å². The number of benzene rings is 2. The first-order valence-electron chi connectivity index (χ1n) is 5.75. The molecule has 20 heavy (non-hydrogen) atoms. The quantitative estimate of drug-likeness (QED) is 0.567. The first kappa shape index (κ1) is 15.9. The van der Waals surface area contributed by atoms with E-state index in [2.05, 4.69) is 21.2 Å². The highest BCUT2D eigenvalue weighted by Crippen LogP contribution is 2.35. The minimum absolute atomic E-state index is 0.0329. The number of hydrogen-bond donors (Lipinski definition) is 1. The van der Waals surface area contributed by atoms with Crippen molar-refractivity contribution < 1.29 is 4.39 Å². The van der Waals surface area contributed by atoms with Crippen LogP contribution in [0.5, 0.6) is 0 Å². The van der Waals surface area contributed by atoms with Crippen molar-refractivity contribution in [2.24, 2.45) is 0 Å². The van der Waals surface area contributed by atoms with Gasteiger partial charge in [0.2, 0.25) is 0 Å². The van der Waals surface area contributed by atoms with Crippen LogP contribution in [-0.2, 0) is 0 Å². The second kappa shape index (κ2) is 6.52. The van der Waals surface area contributed by atoms with Crippen molar-refractivity contribution in [3.8, 4) is 0 Å². The maximum atomic E-state index is 13.5. The monoisotopic (exact) mass is 395 g/mol. The summed E-state index contributed by atoms with van der Waals surface area (Å²) in [6, 6.07) is 7.91. The Morgan fingerprint density at radius 1 is 1.10 bits per heavy atom. The van der Waals surface area contributed by atoms with Crippen LogP contribution < -0.4 is 5.32 Å². The summed E-state index contributed by atoms with van der Waals surface area (Å²) in [6.45, 7) is 1.86. The van der Waals surface area contributed by atoms with Gasteiger partial charge >= 0.3 is 0 Å². The molecule has 0 aliphatic heterocycles. The van der Waals surface area contributed by atoms with Crippen molar-refractivity contribution >= 4 is 56.4 Å². The minimum Gasteiger partial charge on any atom is -0.378 e. The molecule has 0 heterocycles. The largest absolute Gasteiger partial charge is 0.378 e. The van der Waals surface area contributed by atoms with Gasteiger partial charge in [0.05, 0.1) is 16.1 Å². The van der Waals surface area contributed by atoms with Gasteiger partial charge in [-0.2, -0.15) is 0 Å². The third-order valence-electron chi connectivity index (χ3n) is 2.82. The van der Waals surface area contributed by atoms with Gasteiger partial charge in [0.25, 0.3) is 0 Å². The molecule has 6 heteroatoms. The van der Waals surface area contributed by atoms with Crippen molar-refractivity contribution in [2.75, 3.05) is 5.32 Å². The topological polar surface area (TPSA) is 12.0 Å². The van der Waals surface area contributed by atoms with Crippen molar-refractivity contribution in [3.63, 3.8) is 0 Å². The summed E-state index contributed by atoms with van der Waals surface area (Å²) in [4.78, 5) is 0. The molecular formula is C14H10BrCl3FN. The number of nitrogens with one attached hydrogen (secondary N) is 1. The SMILES string of the molecule is CC(Nc1ccc(Cl)c(Br)c1)c1c(Cl)ccc(F)c1Cl. The standard InChI is InChI=1S/C14H10BrCl3FN/c1-7(13-11(17)4-5-12(19)14(13)18)20-8-2-3-10(16)9(15)6-8/h2-7,20H,1H3. The van der Waals surface area contributed by atoms with E-state index in [1.165, 1.54) is 12.1 Å². The lowest BCUT2D eigenvalue weighted by Gasteiger charge is -2.19. The van der Waals surface area contributed by atoms with E-state index in [0.29, 0.717) is 15.6 Å². The highest BCUT2D eigenvalue weighted by molar-refractivity contribution is 9.10. The molecule has 1 nitrogen and oxygen atoms in total. The molecule has 0 aromatic heterocycles. The predicted molar refractivity (Wildman–Crippen MR) is 87.6 cm³/mol. The average Bonchev–Trinajstić information content (AvgIpc) is 2.39. The smallest absolute Gasteiger partial charge is 0.142 e. The molecule has 0 aliphatic rings. The summed E-state index contributed by atoms with van der Waals surface area (Å²) in [5.41, 5.74) is 1.35. The third-order valence-corrected chi connectivity index (χ3v) is 4.74. The molecule has 0 aliphatic carbocycles. The fraction of sp³-hybridized carbons (Fsp3) is 0.143. The zero-order valence-corrected chi connectivity index (χ0v) is 14.2. The normalized spacial score (nSPS) is 12.3. The van der Waals surface area contributed by atoms with Crippen molar-refractivity contribution in [2.45, 2.75) is 13.0 Å². The molecule has 0 saturated carbocycles. The van der Waals surface area contributed by atoms with E-state index < -0.39 is 5.82 Å². The first-order valence-corrected chi connectivity index (χ1v) is 7.68. The van der Waals surface area contributed by atoms with Crippen LogP contribution in [0.1, 0.15) is 18.5 Å². The van der Waals surface area contributed by atoms with E-state index in [1.54, 1.807) is 6.07 Å². The van der Waals surface area contributed by atoms with Gasteiger partial charge < -0.3 is 5.32 Å².